The molecule has 25 heavy (non-hydrogen) atoms. The number of hydrogen-bond acceptors (Lipinski definition) is 4. The molecule has 1 aliphatic heterocycles. The van der Waals surface area contributed by atoms with Crippen LogP contribution in [0, 0.1) is 20.8 Å². The molecule has 1 fully saturated rings. The van der Waals surface area contributed by atoms with Gasteiger partial charge in [0, 0.05) is 38.9 Å². The summed E-state index contributed by atoms with van der Waals surface area (Å²) in [6, 6.07) is 6.22. The third-order valence-electron chi connectivity index (χ3n) is 4.85. The molecule has 0 saturated carbocycles. The van der Waals surface area contributed by atoms with Crippen LogP contribution in [0.3, 0.4) is 0 Å². The summed E-state index contributed by atoms with van der Waals surface area (Å²) in [5.41, 5.74) is 4.09. The Morgan fingerprint density at radius 3 is 2.28 bits per heavy atom. The number of halogens is 1. The minimum Gasteiger partial charge on any atom is -0.369 e. The van der Waals surface area contributed by atoms with Crippen molar-refractivity contribution >= 4 is 27.3 Å². The van der Waals surface area contributed by atoms with Crippen LogP contribution in [0.1, 0.15) is 16.8 Å². The number of aryl methyl sites for hydroxylation is 3. The molecule has 0 spiro atoms. The van der Waals surface area contributed by atoms with Crippen molar-refractivity contribution in [3.8, 4) is 0 Å². The van der Waals surface area contributed by atoms with Crippen molar-refractivity contribution in [1.82, 2.24) is 14.1 Å². The molecule has 0 amide bonds. The number of piperazine rings is 1. The topological polar surface area (TPSA) is 58.4 Å². The molecule has 0 unspecified atom stereocenters. The molecule has 2 aromatic rings. The lowest BCUT2D eigenvalue weighted by Gasteiger charge is -2.36. The molecule has 0 N–H and O–H groups in total. The predicted octanol–water partition coefficient (Wildman–Crippen LogP) is 2.51. The highest BCUT2D eigenvalue weighted by Gasteiger charge is 2.33. The van der Waals surface area contributed by atoms with Gasteiger partial charge in [0.1, 0.15) is 10.0 Å². The van der Waals surface area contributed by atoms with Gasteiger partial charge in [-0.3, -0.25) is 4.68 Å². The van der Waals surface area contributed by atoms with Gasteiger partial charge in [0.15, 0.2) is 0 Å². The van der Waals surface area contributed by atoms with Crippen molar-refractivity contribution in [3.05, 3.63) is 40.2 Å². The zero-order valence-corrected chi connectivity index (χ0v) is 16.5. The quantitative estimate of drug-likeness (QED) is 0.818. The van der Waals surface area contributed by atoms with Gasteiger partial charge >= 0.3 is 0 Å². The summed E-state index contributed by atoms with van der Waals surface area (Å²) >= 11 is 6.16. The fourth-order valence-electron chi connectivity index (χ4n) is 3.28. The average molecular weight is 383 g/mol. The van der Waals surface area contributed by atoms with Gasteiger partial charge in [-0.2, -0.15) is 9.40 Å². The Labute approximate surface area is 154 Å². The first-order valence-corrected chi connectivity index (χ1v) is 10.1. The largest absolute Gasteiger partial charge is 0.369 e. The zero-order valence-electron chi connectivity index (χ0n) is 15.0. The molecule has 1 aromatic heterocycles. The van der Waals surface area contributed by atoms with E-state index in [1.54, 1.807) is 14.0 Å². The molecule has 1 aromatic carbocycles. The van der Waals surface area contributed by atoms with Gasteiger partial charge in [0.25, 0.3) is 0 Å². The number of benzene rings is 1. The predicted molar refractivity (Wildman–Crippen MR) is 99.8 cm³/mol. The maximum atomic E-state index is 13.0. The summed E-state index contributed by atoms with van der Waals surface area (Å²) in [4.78, 5) is 2.36. The Hall–Kier alpha value is -1.57. The molecule has 0 radical (unpaired) electrons. The molecule has 6 nitrogen and oxygen atoms in total. The van der Waals surface area contributed by atoms with Crippen molar-refractivity contribution in [2.24, 2.45) is 7.05 Å². The Morgan fingerprint density at radius 1 is 1.08 bits per heavy atom. The lowest BCUT2D eigenvalue weighted by atomic mass is 10.1. The smallest absolute Gasteiger partial charge is 0.248 e. The Bertz CT molecular complexity index is 900. The zero-order chi connectivity index (χ0) is 18.4. The fourth-order valence-corrected chi connectivity index (χ4v) is 5.41. The number of sulfonamides is 1. The van der Waals surface area contributed by atoms with Crippen molar-refractivity contribution in [2.75, 3.05) is 31.1 Å². The fraction of sp³-hybridized carbons (Fsp3) is 0.471. The van der Waals surface area contributed by atoms with E-state index < -0.39 is 10.0 Å². The first-order chi connectivity index (χ1) is 11.7. The molecule has 136 valence electrons. The number of hydrogen-bond donors (Lipinski definition) is 0. The molecule has 8 heteroatoms. The minimum atomic E-state index is -3.64. The molecule has 0 aliphatic carbocycles. The van der Waals surface area contributed by atoms with Crippen molar-refractivity contribution < 1.29 is 8.42 Å². The monoisotopic (exact) mass is 382 g/mol. The maximum absolute atomic E-state index is 13.0. The van der Waals surface area contributed by atoms with Crippen LogP contribution in [0.25, 0.3) is 0 Å². The van der Waals surface area contributed by atoms with Gasteiger partial charge < -0.3 is 4.90 Å². The molecule has 0 bridgehead atoms. The van der Waals surface area contributed by atoms with Gasteiger partial charge in [-0.1, -0.05) is 23.7 Å². The Kier molecular flexibility index (Phi) is 4.83. The van der Waals surface area contributed by atoms with Crippen LogP contribution in [0.15, 0.2) is 23.1 Å². The molecule has 3 rings (SSSR count). The Morgan fingerprint density at radius 2 is 1.72 bits per heavy atom. The number of nitrogens with zero attached hydrogens (tertiary/aromatic N) is 4. The highest BCUT2D eigenvalue weighted by atomic mass is 35.5. The van der Waals surface area contributed by atoms with Crippen LogP contribution in [-0.4, -0.2) is 48.7 Å². The number of anilines is 1. The lowest BCUT2D eigenvalue weighted by Crippen LogP contribution is -2.49. The summed E-state index contributed by atoms with van der Waals surface area (Å²) in [6.07, 6.45) is 0. The van der Waals surface area contributed by atoms with Gasteiger partial charge in [0.05, 0.1) is 5.69 Å². The van der Waals surface area contributed by atoms with E-state index in [0.717, 1.165) is 0 Å². The van der Waals surface area contributed by atoms with Gasteiger partial charge in [-0.25, -0.2) is 8.42 Å². The second-order valence-electron chi connectivity index (χ2n) is 6.44. The molecule has 2 heterocycles. The van der Waals surface area contributed by atoms with Crippen LogP contribution in [0.4, 0.5) is 5.69 Å². The second kappa shape index (κ2) is 6.63. The maximum Gasteiger partial charge on any atom is 0.248 e. The molecular weight excluding hydrogens is 360 g/mol. The second-order valence-corrected chi connectivity index (χ2v) is 8.67. The summed E-state index contributed by atoms with van der Waals surface area (Å²) < 4.78 is 28.9. The first kappa shape index (κ1) is 18.2. The van der Waals surface area contributed by atoms with Gasteiger partial charge in [0.2, 0.25) is 10.0 Å². The highest BCUT2D eigenvalue weighted by Crippen LogP contribution is 2.29. The number of aromatic nitrogens is 2. The molecule has 1 aliphatic rings. The van der Waals surface area contributed by atoms with Gasteiger partial charge in [-0.05, 0) is 38.0 Å². The van der Waals surface area contributed by atoms with Crippen LogP contribution in [-0.2, 0) is 17.1 Å². The number of rotatable bonds is 3. The SMILES string of the molecule is Cc1cccc(N2CCN(S(=O)(=O)c3c(C)nn(C)c3Cl)CC2)c1C. The molecule has 1 saturated heterocycles. The molecule has 0 atom stereocenters. The summed E-state index contributed by atoms with van der Waals surface area (Å²) in [5.74, 6) is 0. The van der Waals surface area contributed by atoms with Crippen molar-refractivity contribution in [1.29, 1.82) is 0 Å². The lowest BCUT2D eigenvalue weighted by molar-refractivity contribution is 0.384. The van der Waals surface area contributed by atoms with Crippen LogP contribution >= 0.6 is 11.6 Å². The highest BCUT2D eigenvalue weighted by molar-refractivity contribution is 7.89. The first-order valence-electron chi connectivity index (χ1n) is 8.24. The molecular formula is C17H23ClN4O2S. The summed E-state index contributed by atoms with van der Waals surface area (Å²) in [6.45, 7) is 8.03. The van der Waals surface area contributed by atoms with E-state index >= 15 is 0 Å². The average Bonchev–Trinajstić information content (AvgIpc) is 2.83. The van der Waals surface area contributed by atoms with E-state index in [4.69, 9.17) is 11.6 Å². The van der Waals surface area contributed by atoms with E-state index in [2.05, 4.69) is 36.0 Å². The van der Waals surface area contributed by atoms with Crippen molar-refractivity contribution in [2.45, 2.75) is 25.7 Å². The van der Waals surface area contributed by atoms with E-state index in [9.17, 15) is 8.42 Å². The third kappa shape index (κ3) is 3.16. The summed E-state index contributed by atoms with van der Waals surface area (Å²) in [7, 11) is -1.99. The van der Waals surface area contributed by atoms with E-state index in [-0.39, 0.29) is 10.0 Å². The summed E-state index contributed by atoms with van der Waals surface area (Å²) in [5, 5.41) is 4.29. The third-order valence-corrected chi connectivity index (χ3v) is 7.45. The minimum absolute atomic E-state index is 0.122. The van der Waals surface area contributed by atoms with Crippen LogP contribution in [0.2, 0.25) is 5.15 Å². The van der Waals surface area contributed by atoms with Crippen LogP contribution in [0.5, 0.6) is 0 Å². The van der Waals surface area contributed by atoms with E-state index in [0.29, 0.717) is 31.9 Å². The van der Waals surface area contributed by atoms with E-state index in [1.807, 2.05) is 6.07 Å². The standard InChI is InChI=1S/C17H23ClN4O2S/c1-12-6-5-7-15(13(12)2)21-8-10-22(11-9-21)25(23,24)16-14(3)19-20(4)17(16)18/h5-7H,8-11H2,1-4H3. The Balaban J connectivity index is 1.81. The van der Waals surface area contributed by atoms with Crippen molar-refractivity contribution in [3.63, 3.8) is 0 Å². The normalized spacial score (nSPS) is 16.4. The van der Waals surface area contributed by atoms with E-state index in [1.165, 1.54) is 25.8 Å². The van der Waals surface area contributed by atoms with Crippen LogP contribution < -0.4 is 4.90 Å². The van der Waals surface area contributed by atoms with Gasteiger partial charge in [-0.15, -0.1) is 0 Å².